The van der Waals surface area contributed by atoms with E-state index in [4.69, 9.17) is 21.6 Å². The molecule has 21 heavy (non-hydrogen) atoms. The predicted molar refractivity (Wildman–Crippen MR) is 77.0 cm³/mol. The number of nitro benzene ring substituents is 1. The van der Waals surface area contributed by atoms with Crippen molar-refractivity contribution in [1.82, 2.24) is 0 Å². The molecule has 0 spiro atoms. The summed E-state index contributed by atoms with van der Waals surface area (Å²) in [6.07, 6.45) is 0. The summed E-state index contributed by atoms with van der Waals surface area (Å²) < 4.78 is 19.2. The molecule has 0 saturated heterocycles. The maximum absolute atomic E-state index is 13.4. The lowest BCUT2D eigenvalue weighted by Gasteiger charge is -2.09. The van der Waals surface area contributed by atoms with Crippen LogP contribution in [0.1, 0.15) is 5.56 Å². The summed E-state index contributed by atoms with van der Waals surface area (Å²) in [7, 11) is 0. The zero-order chi connectivity index (χ0) is 15.6. The van der Waals surface area contributed by atoms with Gasteiger partial charge in [0.1, 0.15) is 28.9 Å². The number of nitrogens with zero attached hydrogens (tertiary/aromatic N) is 2. The van der Waals surface area contributed by atoms with E-state index in [-0.39, 0.29) is 27.8 Å². The fourth-order valence-electron chi connectivity index (χ4n) is 1.54. The average molecular weight is 372 g/mol. The molecule has 2 aromatic rings. The second-order valence-electron chi connectivity index (χ2n) is 3.85. The first kappa shape index (κ1) is 15.2. The van der Waals surface area contributed by atoms with Gasteiger partial charge in [-0.1, -0.05) is 11.6 Å². The molecule has 0 saturated carbocycles. The van der Waals surface area contributed by atoms with Crippen molar-refractivity contribution >= 4 is 33.2 Å². The van der Waals surface area contributed by atoms with Crippen LogP contribution in [0.5, 0.6) is 11.5 Å². The van der Waals surface area contributed by atoms with Crippen molar-refractivity contribution in [3.05, 3.63) is 61.3 Å². The summed E-state index contributed by atoms with van der Waals surface area (Å²) in [6.45, 7) is 0. The van der Waals surface area contributed by atoms with Crippen LogP contribution in [0.2, 0.25) is 5.02 Å². The summed E-state index contributed by atoms with van der Waals surface area (Å²) in [6, 6.07) is 7.77. The molecule has 0 aliphatic rings. The molecule has 106 valence electrons. The minimum atomic E-state index is -0.669. The van der Waals surface area contributed by atoms with E-state index >= 15 is 0 Å². The SMILES string of the molecule is N#Cc1cc(Oc2cc(F)c(Cl)cc2Br)ccc1[N+](=O)[O-]. The Labute approximate surface area is 131 Å². The van der Waals surface area contributed by atoms with Crippen LogP contribution in [0.15, 0.2) is 34.8 Å². The lowest BCUT2D eigenvalue weighted by atomic mass is 10.2. The van der Waals surface area contributed by atoms with Crippen molar-refractivity contribution in [1.29, 1.82) is 5.26 Å². The molecular weight excluding hydrogens is 367 g/mol. The van der Waals surface area contributed by atoms with Gasteiger partial charge in [-0.15, -0.1) is 0 Å². The van der Waals surface area contributed by atoms with E-state index in [1.165, 1.54) is 18.2 Å². The van der Waals surface area contributed by atoms with E-state index in [2.05, 4.69) is 15.9 Å². The number of nitro groups is 1. The first-order valence-electron chi connectivity index (χ1n) is 5.43. The molecule has 0 N–H and O–H groups in total. The molecule has 5 nitrogen and oxygen atoms in total. The third-order valence-corrected chi connectivity index (χ3v) is 3.40. The van der Waals surface area contributed by atoms with Crippen LogP contribution in [-0.2, 0) is 0 Å². The maximum Gasteiger partial charge on any atom is 0.287 e. The minimum Gasteiger partial charge on any atom is -0.456 e. The number of hydrogen-bond acceptors (Lipinski definition) is 4. The minimum absolute atomic E-state index is 0.0735. The van der Waals surface area contributed by atoms with Crippen LogP contribution in [0, 0.1) is 27.3 Å². The van der Waals surface area contributed by atoms with Crippen molar-refractivity contribution in [3.8, 4) is 17.6 Å². The molecule has 0 amide bonds. The lowest BCUT2D eigenvalue weighted by Crippen LogP contribution is -1.94. The largest absolute Gasteiger partial charge is 0.456 e. The first-order chi connectivity index (χ1) is 9.92. The second-order valence-corrected chi connectivity index (χ2v) is 5.11. The molecule has 0 atom stereocenters. The van der Waals surface area contributed by atoms with Crippen molar-refractivity contribution in [2.75, 3.05) is 0 Å². The van der Waals surface area contributed by atoms with Gasteiger partial charge in [0.05, 0.1) is 14.4 Å². The van der Waals surface area contributed by atoms with Crippen LogP contribution >= 0.6 is 27.5 Å². The van der Waals surface area contributed by atoms with Crippen molar-refractivity contribution < 1.29 is 14.1 Å². The molecule has 0 aliphatic carbocycles. The molecule has 2 rings (SSSR count). The van der Waals surface area contributed by atoms with E-state index in [9.17, 15) is 14.5 Å². The van der Waals surface area contributed by atoms with Crippen LogP contribution < -0.4 is 4.74 Å². The van der Waals surface area contributed by atoms with Crippen molar-refractivity contribution in [3.63, 3.8) is 0 Å². The molecule has 0 bridgehead atoms. The smallest absolute Gasteiger partial charge is 0.287 e. The Bertz CT molecular complexity index is 777. The first-order valence-corrected chi connectivity index (χ1v) is 6.60. The van der Waals surface area contributed by atoms with E-state index < -0.39 is 10.7 Å². The number of halogens is 3. The Morgan fingerprint density at radius 3 is 2.71 bits per heavy atom. The quantitative estimate of drug-likeness (QED) is 0.440. The highest BCUT2D eigenvalue weighted by molar-refractivity contribution is 9.10. The number of nitriles is 1. The van der Waals surface area contributed by atoms with Gasteiger partial charge in [-0.25, -0.2) is 4.39 Å². The normalized spacial score (nSPS) is 10.0. The molecule has 0 fully saturated rings. The topological polar surface area (TPSA) is 76.2 Å². The van der Waals surface area contributed by atoms with Gasteiger partial charge in [0.25, 0.3) is 5.69 Å². The van der Waals surface area contributed by atoms with Gasteiger partial charge in [0.2, 0.25) is 0 Å². The molecule has 2 aromatic carbocycles. The van der Waals surface area contributed by atoms with Crippen molar-refractivity contribution in [2.45, 2.75) is 0 Å². The zero-order valence-corrected chi connectivity index (χ0v) is 12.5. The van der Waals surface area contributed by atoms with Gasteiger partial charge in [-0.05, 0) is 28.1 Å². The third kappa shape index (κ3) is 3.29. The molecule has 0 unspecified atom stereocenters. The van der Waals surface area contributed by atoms with Gasteiger partial charge in [-0.3, -0.25) is 10.1 Å². The number of benzene rings is 2. The van der Waals surface area contributed by atoms with E-state index in [1.54, 1.807) is 6.07 Å². The van der Waals surface area contributed by atoms with Gasteiger partial charge >= 0.3 is 0 Å². The van der Waals surface area contributed by atoms with Gasteiger partial charge in [-0.2, -0.15) is 5.26 Å². The van der Waals surface area contributed by atoms with Gasteiger partial charge in [0.15, 0.2) is 0 Å². The summed E-state index contributed by atoms with van der Waals surface area (Å²) in [5, 5.41) is 19.6. The van der Waals surface area contributed by atoms with Crippen LogP contribution in [0.3, 0.4) is 0 Å². The Balaban J connectivity index is 2.39. The molecule has 0 aliphatic heterocycles. The van der Waals surface area contributed by atoms with Crippen LogP contribution in [-0.4, -0.2) is 4.92 Å². The standard InChI is InChI=1S/C13H5BrClFN2O3/c14-9-4-10(15)11(16)5-13(9)21-8-1-2-12(18(19)20)7(3-8)6-17/h1-5H. The highest BCUT2D eigenvalue weighted by atomic mass is 79.9. The average Bonchev–Trinajstić information content (AvgIpc) is 2.44. The van der Waals surface area contributed by atoms with Gasteiger partial charge in [0, 0.05) is 18.2 Å². The number of rotatable bonds is 3. The summed E-state index contributed by atoms with van der Waals surface area (Å²) in [5.41, 5.74) is -0.478. The summed E-state index contributed by atoms with van der Waals surface area (Å²) >= 11 is 8.78. The van der Waals surface area contributed by atoms with Crippen LogP contribution in [0.4, 0.5) is 10.1 Å². The lowest BCUT2D eigenvalue weighted by molar-refractivity contribution is -0.385. The summed E-state index contributed by atoms with van der Waals surface area (Å²) in [5.74, 6) is -0.369. The van der Waals surface area contributed by atoms with Crippen molar-refractivity contribution in [2.24, 2.45) is 0 Å². The maximum atomic E-state index is 13.4. The third-order valence-electron chi connectivity index (χ3n) is 2.49. The summed E-state index contributed by atoms with van der Waals surface area (Å²) in [4.78, 5) is 10.1. The molecule has 0 radical (unpaired) electrons. The predicted octanol–water partition coefficient (Wildman–Crippen LogP) is 4.81. The Morgan fingerprint density at radius 1 is 1.38 bits per heavy atom. The Hall–Kier alpha value is -2.17. The molecule has 0 heterocycles. The Morgan fingerprint density at radius 2 is 2.10 bits per heavy atom. The molecule has 8 heteroatoms. The van der Waals surface area contributed by atoms with E-state index in [1.807, 2.05) is 0 Å². The zero-order valence-electron chi connectivity index (χ0n) is 10.1. The van der Waals surface area contributed by atoms with Crippen LogP contribution in [0.25, 0.3) is 0 Å². The highest BCUT2D eigenvalue weighted by Crippen LogP contribution is 2.34. The number of ether oxygens (including phenoxy) is 1. The van der Waals surface area contributed by atoms with Gasteiger partial charge < -0.3 is 4.74 Å². The highest BCUT2D eigenvalue weighted by Gasteiger charge is 2.15. The molecular formula is C13H5BrClFN2O3. The van der Waals surface area contributed by atoms with E-state index in [0.29, 0.717) is 4.47 Å². The fourth-order valence-corrected chi connectivity index (χ4v) is 2.26. The fraction of sp³-hybridized carbons (Fsp3) is 0. The second kappa shape index (κ2) is 6.08. The molecule has 0 aromatic heterocycles. The number of hydrogen-bond donors (Lipinski definition) is 0. The Kier molecular flexibility index (Phi) is 4.40. The van der Waals surface area contributed by atoms with E-state index in [0.717, 1.165) is 12.1 Å². The monoisotopic (exact) mass is 370 g/mol.